The van der Waals surface area contributed by atoms with Gasteiger partial charge >= 0.3 is 5.97 Å². The molecule has 1 aromatic carbocycles. The molecule has 2 heterocycles. The summed E-state index contributed by atoms with van der Waals surface area (Å²) < 4.78 is 1.76. The van der Waals surface area contributed by atoms with Crippen LogP contribution in [0, 0.1) is 17.8 Å². The minimum Gasteiger partial charge on any atom is -0.477 e. The Labute approximate surface area is 168 Å². The van der Waals surface area contributed by atoms with Crippen LogP contribution in [0.5, 0.6) is 0 Å². The highest BCUT2D eigenvalue weighted by Crippen LogP contribution is 2.36. The van der Waals surface area contributed by atoms with Crippen molar-refractivity contribution in [2.75, 3.05) is 5.01 Å². The molecule has 1 aromatic heterocycles. The Morgan fingerprint density at radius 3 is 2.57 bits per heavy atom. The van der Waals surface area contributed by atoms with E-state index < -0.39 is 11.4 Å². The fourth-order valence-corrected chi connectivity index (χ4v) is 3.58. The Kier molecular flexibility index (Phi) is 4.28. The Morgan fingerprint density at radius 2 is 1.96 bits per heavy atom. The molecule has 0 unspecified atom stereocenters. The quantitative estimate of drug-likeness (QED) is 0.743. The minimum absolute atomic E-state index is 0.250. The number of carboxylic acid groups (broad SMARTS) is 1. The van der Waals surface area contributed by atoms with Crippen LogP contribution in [0.1, 0.15) is 55.1 Å². The SMILES string of the molecule is CC(C)(C)N1Cc2cc(C#CC3CC3)c(Cl)cc2-c2cc(=O)c(C(=O)O)cn21. The van der Waals surface area contributed by atoms with E-state index in [9.17, 15) is 14.7 Å². The summed E-state index contributed by atoms with van der Waals surface area (Å²) in [6.07, 6.45) is 3.70. The van der Waals surface area contributed by atoms with Crippen LogP contribution in [-0.4, -0.2) is 21.3 Å². The van der Waals surface area contributed by atoms with Crippen LogP contribution >= 0.6 is 11.6 Å². The minimum atomic E-state index is -1.23. The molecule has 1 saturated carbocycles. The second-order valence-corrected chi connectivity index (χ2v) is 8.75. The van der Waals surface area contributed by atoms with E-state index in [1.54, 1.807) is 4.68 Å². The molecule has 2 aliphatic rings. The number of hydrogen-bond donors (Lipinski definition) is 1. The lowest BCUT2D eigenvalue weighted by Gasteiger charge is -2.43. The van der Waals surface area contributed by atoms with Gasteiger partial charge in [0.15, 0.2) is 5.43 Å². The van der Waals surface area contributed by atoms with Crippen LogP contribution < -0.4 is 10.4 Å². The summed E-state index contributed by atoms with van der Waals surface area (Å²) in [5, 5.41) is 12.0. The molecule has 0 atom stereocenters. The van der Waals surface area contributed by atoms with Gasteiger partial charge in [-0.3, -0.25) is 9.47 Å². The number of fused-ring (bicyclic) bond motifs is 3. The molecule has 0 amide bonds. The molecule has 4 rings (SSSR count). The lowest BCUT2D eigenvalue weighted by Crippen LogP contribution is -2.51. The summed E-state index contributed by atoms with van der Waals surface area (Å²) in [7, 11) is 0. The van der Waals surface area contributed by atoms with Crippen molar-refractivity contribution in [3.8, 4) is 23.1 Å². The summed E-state index contributed by atoms with van der Waals surface area (Å²) in [5.41, 5.74) is 2.21. The molecule has 0 bridgehead atoms. The first-order valence-electron chi connectivity index (χ1n) is 9.27. The van der Waals surface area contributed by atoms with Crippen molar-refractivity contribution in [3.63, 3.8) is 0 Å². The van der Waals surface area contributed by atoms with Crippen LogP contribution in [-0.2, 0) is 6.54 Å². The molecule has 144 valence electrons. The fraction of sp³-hybridized carbons (Fsp3) is 0.364. The zero-order valence-electron chi connectivity index (χ0n) is 16.0. The normalized spacial score (nSPS) is 15.4. The van der Waals surface area contributed by atoms with Crippen LogP contribution in [0.15, 0.2) is 29.2 Å². The van der Waals surface area contributed by atoms with Gasteiger partial charge in [-0.05, 0) is 51.3 Å². The lowest BCUT2D eigenvalue weighted by atomic mass is 9.96. The zero-order chi connectivity index (χ0) is 20.2. The average Bonchev–Trinajstić information content (AvgIpc) is 3.42. The number of pyridine rings is 1. The van der Waals surface area contributed by atoms with Gasteiger partial charge < -0.3 is 10.1 Å². The number of rotatable bonds is 1. The molecule has 2 aromatic rings. The second kappa shape index (κ2) is 6.42. The highest BCUT2D eigenvalue weighted by Gasteiger charge is 2.31. The molecular formula is C22H21ClN2O3. The molecule has 1 aliphatic carbocycles. The van der Waals surface area contributed by atoms with Gasteiger partial charge in [0.2, 0.25) is 0 Å². The second-order valence-electron chi connectivity index (χ2n) is 8.35. The highest BCUT2D eigenvalue weighted by molar-refractivity contribution is 6.32. The van der Waals surface area contributed by atoms with E-state index >= 15 is 0 Å². The molecule has 0 radical (unpaired) electrons. The van der Waals surface area contributed by atoms with E-state index in [0.29, 0.717) is 23.2 Å². The summed E-state index contributed by atoms with van der Waals surface area (Å²) in [6.45, 7) is 6.70. The van der Waals surface area contributed by atoms with Crippen molar-refractivity contribution in [2.45, 2.75) is 45.7 Å². The van der Waals surface area contributed by atoms with Gasteiger partial charge in [0, 0.05) is 34.8 Å². The molecule has 1 fully saturated rings. The number of hydrogen-bond acceptors (Lipinski definition) is 3. The maximum Gasteiger partial charge on any atom is 0.341 e. The van der Waals surface area contributed by atoms with Gasteiger partial charge in [0.1, 0.15) is 5.56 Å². The predicted molar refractivity (Wildman–Crippen MR) is 109 cm³/mol. The van der Waals surface area contributed by atoms with Gasteiger partial charge in [-0.1, -0.05) is 23.4 Å². The Balaban J connectivity index is 1.93. The van der Waals surface area contributed by atoms with Gasteiger partial charge in [0.25, 0.3) is 0 Å². The molecule has 5 nitrogen and oxygen atoms in total. The standard InChI is InChI=1S/C22H21ClN2O3/c1-22(2,3)25-11-15-8-14(7-6-13-4-5-13)18(23)9-16(15)19-10-20(26)17(21(27)28)12-24(19)25/h8-10,12-13H,4-5,11H2,1-3H3,(H,27,28). The average molecular weight is 397 g/mol. The highest BCUT2D eigenvalue weighted by atomic mass is 35.5. The molecule has 1 aliphatic heterocycles. The Bertz CT molecular complexity index is 1110. The first kappa shape index (κ1) is 18.6. The van der Waals surface area contributed by atoms with E-state index in [1.165, 1.54) is 12.3 Å². The van der Waals surface area contributed by atoms with E-state index in [4.69, 9.17) is 11.6 Å². The predicted octanol–water partition coefficient (Wildman–Crippen LogP) is 3.88. The summed E-state index contributed by atoms with van der Waals surface area (Å²) in [6, 6.07) is 5.20. The van der Waals surface area contributed by atoms with Crippen LogP contribution in [0.3, 0.4) is 0 Å². The summed E-state index contributed by atoms with van der Waals surface area (Å²) in [5.74, 6) is 5.68. The third-order valence-corrected chi connectivity index (χ3v) is 5.39. The molecule has 28 heavy (non-hydrogen) atoms. The lowest BCUT2D eigenvalue weighted by molar-refractivity contribution is 0.0694. The molecular weight excluding hydrogens is 376 g/mol. The van der Waals surface area contributed by atoms with E-state index in [0.717, 1.165) is 29.5 Å². The van der Waals surface area contributed by atoms with Crippen molar-refractivity contribution in [1.29, 1.82) is 0 Å². The van der Waals surface area contributed by atoms with Crippen LogP contribution in [0.4, 0.5) is 0 Å². The van der Waals surface area contributed by atoms with Crippen molar-refractivity contribution < 1.29 is 9.90 Å². The van der Waals surface area contributed by atoms with Gasteiger partial charge in [0.05, 0.1) is 17.3 Å². The summed E-state index contributed by atoms with van der Waals surface area (Å²) >= 11 is 6.48. The first-order chi connectivity index (χ1) is 13.1. The maximum absolute atomic E-state index is 12.4. The van der Waals surface area contributed by atoms with Crippen LogP contribution in [0.2, 0.25) is 5.02 Å². The third kappa shape index (κ3) is 3.29. The Hall–Kier alpha value is -2.71. The topological polar surface area (TPSA) is 62.5 Å². The van der Waals surface area contributed by atoms with E-state index in [1.807, 2.05) is 37.9 Å². The zero-order valence-corrected chi connectivity index (χ0v) is 16.8. The number of benzene rings is 1. The van der Waals surface area contributed by atoms with Gasteiger partial charge in [-0.15, -0.1) is 0 Å². The van der Waals surface area contributed by atoms with E-state index in [2.05, 4.69) is 11.8 Å². The van der Waals surface area contributed by atoms with Gasteiger partial charge in [-0.25, -0.2) is 4.79 Å². The van der Waals surface area contributed by atoms with Crippen molar-refractivity contribution in [2.24, 2.45) is 5.92 Å². The number of carbonyl (C=O) groups is 1. The summed E-state index contributed by atoms with van der Waals surface area (Å²) in [4.78, 5) is 23.8. The monoisotopic (exact) mass is 396 g/mol. The van der Waals surface area contributed by atoms with Crippen molar-refractivity contribution in [1.82, 2.24) is 4.68 Å². The molecule has 6 heteroatoms. The molecule has 0 saturated heterocycles. The smallest absolute Gasteiger partial charge is 0.341 e. The van der Waals surface area contributed by atoms with Crippen LogP contribution in [0.25, 0.3) is 11.3 Å². The number of carboxylic acids is 1. The number of aromatic carboxylic acids is 1. The van der Waals surface area contributed by atoms with E-state index in [-0.39, 0.29) is 11.1 Å². The van der Waals surface area contributed by atoms with Crippen molar-refractivity contribution >= 4 is 17.6 Å². The maximum atomic E-state index is 12.4. The number of halogens is 1. The Morgan fingerprint density at radius 1 is 1.25 bits per heavy atom. The third-order valence-electron chi connectivity index (χ3n) is 5.07. The first-order valence-corrected chi connectivity index (χ1v) is 9.65. The fourth-order valence-electron chi connectivity index (χ4n) is 3.37. The largest absolute Gasteiger partial charge is 0.477 e. The number of aromatic nitrogens is 1. The molecule has 1 N–H and O–H groups in total. The molecule has 0 spiro atoms. The van der Waals surface area contributed by atoms with Gasteiger partial charge in [-0.2, -0.15) is 0 Å². The van der Waals surface area contributed by atoms with Crippen molar-refractivity contribution in [3.05, 3.63) is 56.3 Å². The number of nitrogens with zero attached hydrogens (tertiary/aromatic N) is 2.